The molecule has 4 nitrogen and oxygen atoms in total. The second-order valence-corrected chi connectivity index (χ2v) is 4.85. The number of rotatable bonds is 7. The molecule has 0 fully saturated rings. The lowest BCUT2D eigenvalue weighted by Crippen LogP contribution is -2.35. The normalized spacial score (nSPS) is 11.6. The number of nitrogens with one attached hydrogen (secondary N) is 1. The van der Waals surface area contributed by atoms with E-state index in [1.54, 1.807) is 13.8 Å². The zero-order valence-corrected chi connectivity index (χ0v) is 13.0. The summed E-state index contributed by atoms with van der Waals surface area (Å²) in [6, 6.07) is 0. The minimum absolute atomic E-state index is 0.245. The average Bonchev–Trinajstić information content (AvgIpc) is 2.39. The van der Waals surface area contributed by atoms with E-state index in [0.717, 1.165) is 6.42 Å². The van der Waals surface area contributed by atoms with Crippen molar-refractivity contribution < 1.29 is 13.2 Å². The topological polar surface area (TPSA) is 41.1 Å². The molecule has 0 aromatic carbocycles. The van der Waals surface area contributed by atoms with Crippen LogP contribution in [0.15, 0.2) is 0 Å². The number of anilines is 2. The average molecular weight is 304 g/mol. The molecule has 7 heteroatoms. The Bertz CT molecular complexity index is 460. The van der Waals surface area contributed by atoms with Gasteiger partial charge in [0.25, 0.3) is 0 Å². The van der Waals surface area contributed by atoms with Crippen molar-refractivity contribution in [2.24, 2.45) is 0 Å². The molecule has 0 amide bonds. The molecule has 1 heterocycles. The maximum Gasteiger partial charge on any atom is 0.405 e. The van der Waals surface area contributed by atoms with E-state index in [2.05, 4.69) is 15.3 Å². The van der Waals surface area contributed by atoms with Crippen LogP contribution in [0.2, 0.25) is 0 Å². The van der Waals surface area contributed by atoms with Crippen LogP contribution < -0.4 is 10.2 Å². The van der Waals surface area contributed by atoms with Gasteiger partial charge in [-0.3, -0.25) is 0 Å². The predicted octanol–water partition coefficient (Wildman–Crippen LogP) is 3.56. The molecule has 0 aliphatic heterocycles. The maximum absolute atomic E-state index is 12.7. The largest absolute Gasteiger partial charge is 0.405 e. The van der Waals surface area contributed by atoms with Crippen molar-refractivity contribution in [1.29, 1.82) is 0 Å². The molecule has 0 aliphatic carbocycles. The van der Waals surface area contributed by atoms with Crippen LogP contribution in [0.3, 0.4) is 0 Å². The Kier molecular flexibility index (Phi) is 6.23. The summed E-state index contributed by atoms with van der Waals surface area (Å²) in [7, 11) is 0. The molecule has 0 radical (unpaired) electrons. The molecule has 0 bridgehead atoms. The van der Waals surface area contributed by atoms with Gasteiger partial charge >= 0.3 is 6.18 Å². The lowest BCUT2D eigenvalue weighted by molar-refractivity contribution is -0.119. The van der Waals surface area contributed by atoms with Crippen molar-refractivity contribution in [2.75, 3.05) is 29.9 Å². The van der Waals surface area contributed by atoms with Gasteiger partial charge in [0.05, 0.1) is 0 Å². The van der Waals surface area contributed by atoms with E-state index >= 15 is 0 Å². The van der Waals surface area contributed by atoms with Gasteiger partial charge in [0.1, 0.15) is 24.0 Å². The Labute approximate surface area is 123 Å². The van der Waals surface area contributed by atoms with E-state index in [-0.39, 0.29) is 6.54 Å². The molecule has 0 saturated carbocycles. The number of aryl methyl sites for hydroxylation is 1. The van der Waals surface area contributed by atoms with Gasteiger partial charge in [0.15, 0.2) is 0 Å². The standard InChI is InChI=1S/C14H23F3N4/c1-5-8-11-19-12(18-6-2)10(4)13(20-11)21(7-3)9-14(15,16)17/h5-9H2,1-4H3,(H,18,19,20). The van der Waals surface area contributed by atoms with Crippen LogP contribution in [-0.4, -0.2) is 35.8 Å². The molecule has 1 N–H and O–H groups in total. The minimum Gasteiger partial charge on any atom is -0.370 e. The van der Waals surface area contributed by atoms with E-state index in [1.807, 2.05) is 13.8 Å². The first-order chi connectivity index (χ1) is 9.82. The second kappa shape index (κ2) is 7.47. The monoisotopic (exact) mass is 304 g/mol. The first-order valence-corrected chi connectivity index (χ1v) is 7.25. The number of alkyl halides is 3. The lowest BCUT2D eigenvalue weighted by Gasteiger charge is -2.26. The van der Waals surface area contributed by atoms with Gasteiger partial charge in [-0.25, -0.2) is 9.97 Å². The number of hydrogen-bond acceptors (Lipinski definition) is 4. The summed E-state index contributed by atoms with van der Waals surface area (Å²) in [5, 5.41) is 3.10. The van der Waals surface area contributed by atoms with Gasteiger partial charge in [0, 0.05) is 25.1 Å². The van der Waals surface area contributed by atoms with Gasteiger partial charge in [0.2, 0.25) is 0 Å². The van der Waals surface area contributed by atoms with Crippen LogP contribution in [0, 0.1) is 6.92 Å². The number of halogens is 3. The molecule has 21 heavy (non-hydrogen) atoms. The molecule has 0 atom stereocenters. The van der Waals surface area contributed by atoms with Crippen molar-refractivity contribution in [3.63, 3.8) is 0 Å². The van der Waals surface area contributed by atoms with Crippen molar-refractivity contribution in [2.45, 2.75) is 46.7 Å². The summed E-state index contributed by atoms with van der Waals surface area (Å²) in [5.74, 6) is 1.56. The van der Waals surface area contributed by atoms with Crippen molar-refractivity contribution >= 4 is 11.6 Å². The van der Waals surface area contributed by atoms with Gasteiger partial charge in [-0.05, 0) is 27.2 Å². The third-order valence-electron chi connectivity index (χ3n) is 3.04. The molecule has 0 aliphatic rings. The molecule has 0 spiro atoms. The molecular formula is C14H23F3N4. The predicted molar refractivity (Wildman–Crippen MR) is 78.9 cm³/mol. The zero-order chi connectivity index (χ0) is 16.0. The zero-order valence-electron chi connectivity index (χ0n) is 13.0. The van der Waals surface area contributed by atoms with Crippen molar-refractivity contribution in [1.82, 2.24) is 9.97 Å². The highest BCUT2D eigenvalue weighted by Crippen LogP contribution is 2.27. The van der Waals surface area contributed by atoms with Crippen molar-refractivity contribution in [3.05, 3.63) is 11.4 Å². The van der Waals surface area contributed by atoms with Gasteiger partial charge < -0.3 is 10.2 Å². The van der Waals surface area contributed by atoms with Crippen LogP contribution >= 0.6 is 0 Å². The first kappa shape index (κ1) is 17.5. The fourth-order valence-corrected chi connectivity index (χ4v) is 2.09. The third kappa shape index (κ3) is 5.06. The van der Waals surface area contributed by atoms with Gasteiger partial charge in [-0.2, -0.15) is 13.2 Å². The van der Waals surface area contributed by atoms with Crippen LogP contribution in [0.4, 0.5) is 24.8 Å². The Balaban J connectivity index is 3.23. The third-order valence-corrected chi connectivity index (χ3v) is 3.04. The summed E-state index contributed by atoms with van der Waals surface area (Å²) < 4.78 is 38.1. The highest BCUT2D eigenvalue weighted by Gasteiger charge is 2.31. The molecule has 0 saturated heterocycles. The Morgan fingerprint density at radius 3 is 2.29 bits per heavy atom. The van der Waals surface area contributed by atoms with Gasteiger partial charge in [-0.1, -0.05) is 6.92 Å². The first-order valence-electron chi connectivity index (χ1n) is 7.25. The summed E-state index contributed by atoms with van der Waals surface area (Å²) in [5.41, 5.74) is 0.655. The minimum atomic E-state index is -4.25. The molecular weight excluding hydrogens is 281 g/mol. The Morgan fingerprint density at radius 1 is 1.14 bits per heavy atom. The Morgan fingerprint density at radius 2 is 1.81 bits per heavy atom. The highest BCUT2D eigenvalue weighted by atomic mass is 19.4. The number of nitrogens with zero attached hydrogens (tertiary/aromatic N) is 3. The van der Waals surface area contributed by atoms with Crippen LogP contribution in [0.5, 0.6) is 0 Å². The molecule has 1 rings (SSSR count). The number of aromatic nitrogens is 2. The summed E-state index contributed by atoms with van der Waals surface area (Å²) in [6.45, 7) is 7.26. The van der Waals surface area contributed by atoms with Gasteiger partial charge in [-0.15, -0.1) is 0 Å². The number of hydrogen-bond donors (Lipinski definition) is 1. The molecule has 1 aromatic heterocycles. The van der Waals surface area contributed by atoms with E-state index in [4.69, 9.17) is 0 Å². The summed E-state index contributed by atoms with van der Waals surface area (Å²) >= 11 is 0. The van der Waals surface area contributed by atoms with Crippen LogP contribution in [0.25, 0.3) is 0 Å². The summed E-state index contributed by atoms with van der Waals surface area (Å²) in [6.07, 6.45) is -2.76. The van der Waals surface area contributed by atoms with Crippen molar-refractivity contribution in [3.8, 4) is 0 Å². The molecule has 120 valence electrons. The van der Waals surface area contributed by atoms with E-state index in [9.17, 15) is 13.2 Å². The molecule has 0 unspecified atom stereocenters. The maximum atomic E-state index is 12.7. The van der Waals surface area contributed by atoms with Crippen LogP contribution in [0.1, 0.15) is 38.6 Å². The smallest absolute Gasteiger partial charge is 0.370 e. The SMILES string of the molecule is CCCc1nc(NCC)c(C)c(N(CC)CC(F)(F)F)n1. The Hall–Kier alpha value is -1.53. The summed E-state index contributed by atoms with van der Waals surface area (Å²) in [4.78, 5) is 9.98. The highest BCUT2D eigenvalue weighted by molar-refractivity contribution is 5.58. The quantitative estimate of drug-likeness (QED) is 0.836. The van der Waals surface area contributed by atoms with E-state index in [1.165, 1.54) is 4.90 Å². The molecule has 1 aromatic rings. The lowest BCUT2D eigenvalue weighted by atomic mass is 10.2. The fourth-order valence-electron chi connectivity index (χ4n) is 2.09. The second-order valence-electron chi connectivity index (χ2n) is 4.85. The van der Waals surface area contributed by atoms with E-state index < -0.39 is 12.7 Å². The van der Waals surface area contributed by atoms with Crippen LogP contribution in [-0.2, 0) is 6.42 Å². The fraction of sp³-hybridized carbons (Fsp3) is 0.714. The van der Waals surface area contributed by atoms with E-state index in [0.29, 0.717) is 36.0 Å².